The third kappa shape index (κ3) is 6.25. The predicted octanol–water partition coefficient (Wildman–Crippen LogP) is 1.05. The first kappa shape index (κ1) is 20.7. The Balaban J connectivity index is 1.97. The maximum atomic E-state index is 12.3. The van der Waals surface area contributed by atoms with Crippen molar-refractivity contribution in [2.24, 2.45) is 0 Å². The number of rotatable bonds is 7. The fraction of sp³-hybridized carbons (Fsp3) is 0.526. The van der Waals surface area contributed by atoms with Crippen molar-refractivity contribution in [3.05, 3.63) is 29.8 Å². The normalized spacial score (nSPS) is 16.2. The van der Waals surface area contributed by atoms with Crippen molar-refractivity contribution in [1.29, 1.82) is 0 Å². The van der Waals surface area contributed by atoms with E-state index in [0.29, 0.717) is 32.1 Å². The second-order valence-electron chi connectivity index (χ2n) is 6.30. The summed E-state index contributed by atoms with van der Waals surface area (Å²) in [6.07, 6.45) is -0.962. The van der Waals surface area contributed by atoms with Gasteiger partial charge < -0.3 is 24.4 Å². The number of hydrogen-bond donors (Lipinski definition) is 1. The van der Waals surface area contributed by atoms with Gasteiger partial charge in [-0.25, -0.2) is 0 Å². The molecular formula is C19H26N2O6. The quantitative estimate of drug-likeness (QED) is 0.713. The summed E-state index contributed by atoms with van der Waals surface area (Å²) in [6.45, 7) is 4.87. The molecule has 1 aliphatic rings. The third-order valence-corrected chi connectivity index (χ3v) is 4.25. The number of nitrogens with one attached hydrogen (secondary N) is 1. The van der Waals surface area contributed by atoms with E-state index in [9.17, 15) is 14.4 Å². The second kappa shape index (κ2) is 9.91. The van der Waals surface area contributed by atoms with Crippen molar-refractivity contribution in [2.45, 2.75) is 32.4 Å². The molecular weight excluding hydrogens is 352 g/mol. The molecule has 148 valence electrons. The summed E-state index contributed by atoms with van der Waals surface area (Å²) in [5.74, 6) is -0.389. The number of esters is 1. The van der Waals surface area contributed by atoms with Crippen LogP contribution < -0.4 is 10.1 Å². The number of benzene rings is 1. The molecule has 27 heavy (non-hydrogen) atoms. The van der Waals surface area contributed by atoms with Crippen LogP contribution in [0.5, 0.6) is 5.75 Å². The number of ether oxygens (including phenoxy) is 3. The van der Waals surface area contributed by atoms with Crippen LogP contribution in [0.3, 0.4) is 0 Å². The highest BCUT2D eigenvalue weighted by Gasteiger charge is 2.27. The summed E-state index contributed by atoms with van der Waals surface area (Å²) in [5.41, 5.74) is 0.745. The SMILES string of the molecule is COc1ccc(C(CC(=O)OC(C)C(=O)N2CCOCC2)NC(C)=O)cc1. The molecule has 0 spiro atoms. The van der Waals surface area contributed by atoms with Gasteiger partial charge in [0, 0.05) is 20.0 Å². The smallest absolute Gasteiger partial charge is 0.309 e. The lowest BCUT2D eigenvalue weighted by atomic mass is 10.0. The van der Waals surface area contributed by atoms with Crippen LogP contribution in [0.15, 0.2) is 24.3 Å². The lowest BCUT2D eigenvalue weighted by Crippen LogP contribution is -2.46. The molecule has 2 unspecified atom stereocenters. The third-order valence-electron chi connectivity index (χ3n) is 4.25. The highest BCUT2D eigenvalue weighted by atomic mass is 16.5. The van der Waals surface area contributed by atoms with Gasteiger partial charge >= 0.3 is 5.97 Å². The van der Waals surface area contributed by atoms with E-state index in [4.69, 9.17) is 14.2 Å². The molecule has 8 nitrogen and oxygen atoms in total. The Morgan fingerprint density at radius 3 is 2.37 bits per heavy atom. The van der Waals surface area contributed by atoms with E-state index in [1.807, 2.05) is 0 Å². The van der Waals surface area contributed by atoms with E-state index in [1.54, 1.807) is 43.2 Å². The zero-order valence-electron chi connectivity index (χ0n) is 15.9. The summed E-state index contributed by atoms with van der Waals surface area (Å²) in [5, 5.41) is 2.74. The molecule has 1 heterocycles. The Labute approximate surface area is 158 Å². The molecule has 1 fully saturated rings. The van der Waals surface area contributed by atoms with Crippen LogP contribution in [0, 0.1) is 0 Å². The van der Waals surface area contributed by atoms with Crippen molar-refractivity contribution in [1.82, 2.24) is 10.2 Å². The lowest BCUT2D eigenvalue weighted by Gasteiger charge is -2.29. The summed E-state index contributed by atoms with van der Waals surface area (Å²) in [7, 11) is 1.56. The number of amides is 2. The van der Waals surface area contributed by atoms with Gasteiger partial charge in [0.25, 0.3) is 5.91 Å². The zero-order chi connectivity index (χ0) is 19.8. The summed E-state index contributed by atoms with van der Waals surface area (Å²) in [6, 6.07) is 6.50. The van der Waals surface area contributed by atoms with Gasteiger partial charge in [0.15, 0.2) is 6.10 Å². The minimum Gasteiger partial charge on any atom is -0.497 e. The van der Waals surface area contributed by atoms with Crippen molar-refractivity contribution in [2.75, 3.05) is 33.4 Å². The predicted molar refractivity (Wildman–Crippen MR) is 97.1 cm³/mol. The van der Waals surface area contributed by atoms with Gasteiger partial charge in [0.05, 0.1) is 32.8 Å². The zero-order valence-corrected chi connectivity index (χ0v) is 15.9. The van der Waals surface area contributed by atoms with Crippen LogP contribution in [-0.4, -0.2) is 62.2 Å². The fourth-order valence-corrected chi connectivity index (χ4v) is 2.84. The van der Waals surface area contributed by atoms with Crippen LogP contribution in [0.4, 0.5) is 0 Å². The highest BCUT2D eigenvalue weighted by molar-refractivity contribution is 5.84. The number of morpholine rings is 1. The molecule has 1 saturated heterocycles. The average Bonchev–Trinajstić information content (AvgIpc) is 2.67. The Kier molecular flexibility index (Phi) is 7.60. The number of carbonyl (C=O) groups excluding carboxylic acids is 3. The molecule has 0 radical (unpaired) electrons. The number of carbonyl (C=O) groups is 3. The number of hydrogen-bond acceptors (Lipinski definition) is 6. The molecule has 2 rings (SSSR count). The van der Waals surface area contributed by atoms with E-state index in [-0.39, 0.29) is 18.2 Å². The number of nitrogens with zero attached hydrogens (tertiary/aromatic N) is 1. The first-order chi connectivity index (χ1) is 12.9. The van der Waals surface area contributed by atoms with E-state index in [0.717, 1.165) is 5.56 Å². The Morgan fingerprint density at radius 1 is 1.19 bits per heavy atom. The monoisotopic (exact) mass is 378 g/mol. The average molecular weight is 378 g/mol. The van der Waals surface area contributed by atoms with Crippen molar-refractivity contribution in [3.63, 3.8) is 0 Å². The van der Waals surface area contributed by atoms with E-state index < -0.39 is 18.1 Å². The first-order valence-electron chi connectivity index (χ1n) is 8.87. The maximum Gasteiger partial charge on any atom is 0.309 e. The van der Waals surface area contributed by atoms with E-state index in [2.05, 4.69) is 5.32 Å². The molecule has 1 aliphatic heterocycles. The fourth-order valence-electron chi connectivity index (χ4n) is 2.84. The molecule has 2 amide bonds. The molecule has 2 atom stereocenters. The molecule has 0 saturated carbocycles. The minimum absolute atomic E-state index is 0.0767. The van der Waals surface area contributed by atoms with Gasteiger partial charge in [-0.05, 0) is 24.6 Å². The topological polar surface area (TPSA) is 94.2 Å². The van der Waals surface area contributed by atoms with E-state index >= 15 is 0 Å². The highest BCUT2D eigenvalue weighted by Crippen LogP contribution is 2.21. The van der Waals surface area contributed by atoms with Crippen LogP contribution in [0.2, 0.25) is 0 Å². The van der Waals surface area contributed by atoms with Crippen molar-refractivity contribution < 1.29 is 28.6 Å². The minimum atomic E-state index is -0.885. The summed E-state index contributed by atoms with van der Waals surface area (Å²) < 4.78 is 15.6. The van der Waals surface area contributed by atoms with Gasteiger partial charge in [-0.3, -0.25) is 14.4 Å². The largest absolute Gasteiger partial charge is 0.497 e. The van der Waals surface area contributed by atoms with Gasteiger partial charge in [0.2, 0.25) is 5.91 Å². The molecule has 0 aliphatic carbocycles. The Bertz CT molecular complexity index is 655. The van der Waals surface area contributed by atoms with Gasteiger partial charge in [0.1, 0.15) is 5.75 Å². The van der Waals surface area contributed by atoms with Crippen molar-refractivity contribution in [3.8, 4) is 5.75 Å². The maximum absolute atomic E-state index is 12.3. The first-order valence-corrected chi connectivity index (χ1v) is 8.87. The molecule has 8 heteroatoms. The number of methoxy groups -OCH3 is 1. The molecule has 1 aromatic rings. The van der Waals surface area contributed by atoms with Gasteiger partial charge in [-0.15, -0.1) is 0 Å². The standard InChI is InChI=1S/C19H26N2O6/c1-13(19(24)21-8-10-26-11-9-21)27-18(23)12-17(20-14(2)22)15-4-6-16(25-3)7-5-15/h4-7,13,17H,8-12H2,1-3H3,(H,20,22). The summed E-state index contributed by atoms with van der Waals surface area (Å²) in [4.78, 5) is 37.8. The molecule has 0 aromatic heterocycles. The van der Waals surface area contributed by atoms with Gasteiger partial charge in [-0.1, -0.05) is 12.1 Å². The van der Waals surface area contributed by atoms with Crippen molar-refractivity contribution >= 4 is 17.8 Å². The summed E-state index contributed by atoms with van der Waals surface area (Å²) >= 11 is 0. The molecule has 0 bridgehead atoms. The molecule has 1 aromatic carbocycles. The van der Waals surface area contributed by atoms with Gasteiger partial charge in [-0.2, -0.15) is 0 Å². The Hall–Kier alpha value is -2.61. The van der Waals surface area contributed by atoms with E-state index in [1.165, 1.54) is 6.92 Å². The van der Waals surface area contributed by atoms with Crippen LogP contribution in [0.25, 0.3) is 0 Å². The second-order valence-corrected chi connectivity index (χ2v) is 6.30. The van der Waals surface area contributed by atoms with Crippen LogP contribution in [-0.2, 0) is 23.9 Å². The van der Waals surface area contributed by atoms with Crippen LogP contribution >= 0.6 is 0 Å². The Morgan fingerprint density at radius 2 is 1.81 bits per heavy atom. The van der Waals surface area contributed by atoms with Crippen LogP contribution in [0.1, 0.15) is 31.9 Å². The molecule has 1 N–H and O–H groups in total. The lowest BCUT2D eigenvalue weighted by molar-refractivity contribution is -0.161.